The molecule has 2 aromatic rings. The van der Waals surface area contributed by atoms with Gasteiger partial charge >= 0.3 is 0 Å². The molecule has 3 rings (SSSR count). The average Bonchev–Trinajstić information content (AvgIpc) is 3.15. The van der Waals surface area contributed by atoms with Gasteiger partial charge in [-0.25, -0.2) is 0 Å². The zero-order valence-electron chi connectivity index (χ0n) is 18.3. The number of nitrogens with one attached hydrogen (secondary N) is 2. The van der Waals surface area contributed by atoms with Crippen LogP contribution >= 0.6 is 0 Å². The summed E-state index contributed by atoms with van der Waals surface area (Å²) in [6.45, 7) is 6.00. The van der Waals surface area contributed by atoms with Crippen LogP contribution in [0.5, 0.6) is 0 Å². The Kier molecular flexibility index (Phi) is 8.01. The van der Waals surface area contributed by atoms with Crippen LogP contribution in [0.15, 0.2) is 29.4 Å². The Bertz CT molecular complexity index is 838. The molecule has 30 heavy (non-hydrogen) atoms. The second-order valence-corrected chi connectivity index (χ2v) is 7.89. The van der Waals surface area contributed by atoms with Gasteiger partial charge < -0.3 is 15.5 Å². The van der Waals surface area contributed by atoms with Crippen molar-refractivity contribution in [2.75, 3.05) is 46.8 Å². The van der Waals surface area contributed by atoms with Gasteiger partial charge in [0.2, 0.25) is 5.91 Å². The van der Waals surface area contributed by atoms with E-state index < -0.39 is 0 Å². The maximum atomic E-state index is 11.9. The second kappa shape index (κ2) is 10.9. The quantitative estimate of drug-likeness (QED) is 0.377. The SMILES string of the molecule is CCNC(=NCCCc1nnc2ccccn12)NC1CCN(CC(=O)N(C)C)CC1. The molecule has 1 aliphatic heterocycles. The van der Waals surface area contributed by atoms with Gasteiger partial charge in [0.05, 0.1) is 6.54 Å². The minimum Gasteiger partial charge on any atom is -0.357 e. The van der Waals surface area contributed by atoms with Gasteiger partial charge in [-0.05, 0) is 38.3 Å². The van der Waals surface area contributed by atoms with Crippen LogP contribution < -0.4 is 10.6 Å². The van der Waals surface area contributed by atoms with Crippen LogP contribution in [-0.4, -0.2) is 89.1 Å². The molecule has 2 N–H and O–H groups in total. The Balaban J connectivity index is 1.44. The molecule has 0 spiro atoms. The Labute approximate surface area is 178 Å². The number of likely N-dealkylation sites (N-methyl/N-ethyl adjacent to an activating group) is 1. The molecular weight excluding hydrogens is 380 g/mol. The summed E-state index contributed by atoms with van der Waals surface area (Å²) in [5.41, 5.74) is 0.879. The van der Waals surface area contributed by atoms with E-state index >= 15 is 0 Å². The fourth-order valence-corrected chi connectivity index (χ4v) is 3.57. The lowest BCUT2D eigenvalue weighted by Crippen LogP contribution is -2.50. The van der Waals surface area contributed by atoms with Crippen LogP contribution in [0.1, 0.15) is 32.0 Å². The number of piperidine rings is 1. The molecule has 0 atom stereocenters. The first-order chi connectivity index (χ1) is 14.6. The van der Waals surface area contributed by atoms with Crippen LogP contribution in [0.3, 0.4) is 0 Å². The number of carbonyl (C=O) groups excluding carboxylic acids is 1. The van der Waals surface area contributed by atoms with Gasteiger partial charge in [0, 0.05) is 58.9 Å². The fraction of sp³-hybridized carbons (Fsp3) is 0.619. The molecule has 0 saturated carbocycles. The van der Waals surface area contributed by atoms with E-state index in [1.165, 1.54) is 0 Å². The Morgan fingerprint density at radius 3 is 2.80 bits per heavy atom. The van der Waals surface area contributed by atoms with E-state index in [4.69, 9.17) is 4.99 Å². The van der Waals surface area contributed by atoms with Gasteiger partial charge in [0.25, 0.3) is 0 Å². The largest absolute Gasteiger partial charge is 0.357 e. The van der Waals surface area contributed by atoms with Crippen molar-refractivity contribution in [2.45, 2.75) is 38.6 Å². The standard InChI is InChI=1S/C21H34N8O/c1-4-22-21(24-17-10-14-28(15-11-17)16-20(30)27(2)3)23-12-7-9-19-26-25-18-8-5-6-13-29(18)19/h5-6,8,13,17H,4,7,9-12,14-16H2,1-3H3,(H2,22,23,24). The fourth-order valence-electron chi connectivity index (χ4n) is 3.57. The number of likely N-dealkylation sites (tertiary alicyclic amines) is 1. The zero-order chi connectivity index (χ0) is 21.3. The lowest BCUT2D eigenvalue weighted by molar-refractivity contribution is -0.130. The van der Waals surface area contributed by atoms with Crippen molar-refractivity contribution < 1.29 is 4.79 Å². The number of pyridine rings is 1. The predicted octanol–water partition coefficient (Wildman–Crippen LogP) is 0.770. The number of aryl methyl sites for hydroxylation is 1. The third-order valence-corrected chi connectivity index (χ3v) is 5.34. The number of fused-ring (bicyclic) bond motifs is 1. The molecule has 0 aromatic carbocycles. The summed E-state index contributed by atoms with van der Waals surface area (Å²) >= 11 is 0. The number of guanidine groups is 1. The monoisotopic (exact) mass is 414 g/mol. The second-order valence-electron chi connectivity index (χ2n) is 7.89. The van der Waals surface area contributed by atoms with Gasteiger partial charge in [0.1, 0.15) is 5.82 Å². The van der Waals surface area contributed by atoms with Crippen LogP contribution in [0.25, 0.3) is 5.65 Å². The first kappa shape index (κ1) is 22.0. The van der Waals surface area contributed by atoms with E-state index in [1.807, 2.05) is 28.8 Å². The molecule has 1 fully saturated rings. The molecule has 0 bridgehead atoms. The van der Waals surface area contributed by atoms with Crippen LogP contribution in [0, 0.1) is 0 Å². The number of rotatable bonds is 8. The summed E-state index contributed by atoms with van der Waals surface area (Å²) in [5.74, 6) is 2.00. The highest BCUT2D eigenvalue weighted by Gasteiger charge is 2.22. The minimum absolute atomic E-state index is 0.164. The third-order valence-electron chi connectivity index (χ3n) is 5.34. The summed E-state index contributed by atoms with van der Waals surface area (Å²) in [4.78, 5) is 20.5. The van der Waals surface area contributed by atoms with Gasteiger partial charge in [-0.15, -0.1) is 10.2 Å². The highest BCUT2D eigenvalue weighted by molar-refractivity contribution is 5.80. The van der Waals surface area contributed by atoms with Crippen molar-refractivity contribution in [1.82, 2.24) is 35.0 Å². The summed E-state index contributed by atoms with van der Waals surface area (Å²) in [5, 5.41) is 15.4. The molecule has 0 radical (unpaired) electrons. The highest BCUT2D eigenvalue weighted by atomic mass is 16.2. The molecule has 9 heteroatoms. The molecular formula is C21H34N8O. The van der Waals surface area contributed by atoms with Gasteiger partial charge in [-0.3, -0.25) is 19.1 Å². The summed E-state index contributed by atoms with van der Waals surface area (Å²) in [6.07, 6.45) is 5.77. The topological polar surface area (TPSA) is 90.2 Å². The van der Waals surface area contributed by atoms with Gasteiger partial charge in [0.15, 0.2) is 11.6 Å². The summed E-state index contributed by atoms with van der Waals surface area (Å²) in [6, 6.07) is 6.31. The first-order valence-electron chi connectivity index (χ1n) is 10.8. The van der Waals surface area contributed by atoms with Crippen LogP contribution in [0.2, 0.25) is 0 Å². The lowest BCUT2D eigenvalue weighted by Gasteiger charge is -2.33. The number of hydrogen-bond acceptors (Lipinski definition) is 5. The number of carbonyl (C=O) groups is 1. The number of aliphatic imine (C=N–C) groups is 1. The smallest absolute Gasteiger partial charge is 0.236 e. The van der Waals surface area contributed by atoms with Crippen molar-refractivity contribution in [2.24, 2.45) is 4.99 Å². The van der Waals surface area contributed by atoms with E-state index in [-0.39, 0.29) is 5.91 Å². The van der Waals surface area contributed by atoms with E-state index in [1.54, 1.807) is 19.0 Å². The van der Waals surface area contributed by atoms with E-state index in [2.05, 4.69) is 32.7 Å². The molecule has 9 nitrogen and oxygen atoms in total. The molecule has 2 aromatic heterocycles. The van der Waals surface area contributed by atoms with Crippen molar-refractivity contribution in [3.63, 3.8) is 0 Å². The Morgan fingerprint density at radius 1 is 1.27 bits per heavy atom. The third kappa shape index (κ3) is 6.16. The predicted molar refractivity (Wildman–Crippen MR) is 119 cm³/mol. The normalized spacial score (nSPS) is 16.0. The number of amides is 1. The lowest BCUT2D eigenvalue weighted by atomic mass is 10.1. The molecule has 164 valence electrons. The maximum absolute atomic E-state index is 11.9. The molecule has 1 saturated heterocycles. The van der Waals surface area contributed by atoms with E-state index in [0.717, 1.165) is 69.3 Å². The van der Waals surface area contributed by atoms with Crippen molar-refractivity contribution >= 4 is 17.5 Å². The van der Waals surface area contributed by atoms with Crippen LogP contribution in [0.4, 0.5) is 0 Å². The molecule has 1 amide bonds. The minimum atomic E-state index is 0.164. The van der Waals surface area contributed by atoms with Gasteiger partial charge in [-0.1, -0.05) is 6.07 Å². The molecule has 0 unspecified atom stereocenters. The highest BCUT2D eigenvalue weighted by Crippen LogP contribution is 2.10. The zero-order valence-corrected chi connectivity index (χ0v) is 18.3. The molecule has 3 heterocycles. The van der Waals surface area contributed by atoms with Gasteiger partial charge in [-0.2, -0.15) is 0 Å². The van der Waals surface area contributed by atoms with Crippen molar-refractivity contribution in [1.29, 1.82) is 0 Å². The molecule has 1 aliphatic rings. The van der Waals surface area contributed by atoms with Crippen molar-refractivity contribution in [3.8, 4) is 0 Å². The van der Waals surface area contributed by atoms with E-state index in [0.29, 0.717) is 12.6 Å². The Morgan fingerprint density at radius 2 is 2.07 bits per heavy atom. The number of nitrogens with zero attached hydrogens (tertiary/aromatic N) is 6. The van der Waals surface area contributed by atoms with Crippen molar-refractivity contribution in [3.05, 3.63) is 30.2 Å². The Hall–Kier alpha value is -2.68. The summed E-state index contributed by atoms with van der Waals surface area (Å²) in [7, 11) is 3.61. The average molecular weight is 415 g/mol. The van der Waals surface area contributed by atoms with Crippen LogP contribution in [-0.2, 0) is 11.2 Å². The first-order valence-corrected chi connectivity index (χ1v) is 10.8. The summed E-state index contributed by atoms with van der Waals surface area (Å²) < 4.78 is 2.03. The van der Waals surface area contributed by atoms with E-state index in [9.17, 15) is 4.79 Å². The maximum Gasteiger partial charge on any atom is 0.236 e. The molecule has 0 aliphatic carbocycles. The number of aromatic nitrogens is 3. The number of hydrogen-bond donors (Lipinski definition) is 2.